The molecule has 0 spiro atoms. The zero-order valence-electron chi connectivity index (χ0n) is 9.60. The van der Waals surface area contributed by atoms with Gasteiger partial charge in [0.2, 0.25) is 15.9 Å². The van der Waals surface area contributed by atoms with Crippen molar-refractivity contribution in [1.29, 1.82) is 0 Å². The molecule has 17 heavy (non-hydrogen) atoms. The van der Waals surface area contributed by atoms with E-state index in [0.29, 0.717) is 6.61 Å². The van der Waals surface area contributed by atoms with E-state index in [1.165, 1.54) is 7.11 Å². The van der Waals surface area contributed by atoms with Crippen molar-refractivity contribution in [2.24, 2.45) is 0 Å². The predicted octanol–water partition coefficient (Wildman–Crippen LogP) is -1.86. The molecule has 0 heterocycles. The zero-order chi connectivity index (χ0) is 13.5. The molecule has 0 aliphatic heterocycles. The maximum Gasteiger partial charge on any atom is 0.323 e. The fourth-order valence-electron chi connectivity index (χ4n) is 0.779. The molecule has 0 saturated carbocycles. The Balaban J connectivity index is 4.10. The van der Waals surface area contributed by atoms with E-state index in [1.54, 1.807) is 0 Å². The van der Waals surface area contributed by atoms with E-state index >= 15 is 0 Å². The first-order valence-corrected chi connectivity index (χ1v) is 6.32. The number of amides is 1. The number of carbonyl (C=O) groups excluding carboxylic acids is 1. The van der Waals surface area contributed by atoms with Crippen molar-refractivity contribution in [3.8, 4) is 0 Å². The van der Waals surface area contributed by atoms with Crippen LogP contribution in [0.5, 0.6) is 0 Å². The Labute approximate surface area is 99.4 Å². The summed E-state index contributed by atoms with van der Waals surface area (Å²) in [5.74, 6) is -2.03. The van der Waals surface area contributed by atoms with Crippen molar-refractivity contribution in [3.63, 3.8) is 0 Å². The van der Waals surface area contributed by atoms with Crippen LogP contribution in [0.15, 0.2) is 0 Å². The number of carbonyl (C=O) groups is 2. The fraction of sp³-hybridized carbons (Fsp3) is 0.750. The number of aliphatic carboxylic acids is 1. The molecule has 1 amide bonds. The van der Waals surface area contributed by atoms with Crippen molar-refractivity contribution in [1.82, 2.24) is 10.0 Å². The molecule has 8 nitrogen and oxygen atoms in total. The van der Waals surface area contributed by atoms with E-state index in [-0.39, 0.29) is 6.54 Å². The smallest absolute Gasteiger partial charge is 0.323 e. The Bertz CT molecular complexity index is 366. The first-order chi connectivity index (χ1) is 7.81. The van der Waals surface area contributed by atoms with Crippen LogP contribution in [0.4, 0.5) is 0 Å². The van der Waals surface area contributed by atoms with Crippen molar-refractivity contribution < 1.29 is 27.9 Å². The minimum absolute atomic E-state index is 0.256. The molecule has 0 fully saturated rings. The van der Waals surface area contributed by atoms with E-state index in [1.807, 2.05) is 4.72 Å². The van der Waals surface area contributed by atoms with Gasteiger partial charge in [0.15, 0.2) is 5.25 Å². The molecule has 0 bridgehead atoms. The standard InChI is InChI=1S/C8H16N2O6S/c1-6(8(12)13)17(14,15)10-5-7(11)9-3-4-16-2/h6,10H,3-5H2,1-2H3,(H,9,11)(H,12,13). The predicted molar refractivity (Wildman–Crippen MR) is 58.9 cm³/mol. The van der Waals surface area contributed by atoms with Crippen LogP contribution in [0, 0.1) is 0 Å². The molecule has 9 heteroatoms. The van der Waals surface area contributed by atoms with Gasteiger partial charge in [0.25, 0.3) is 0 Å². The highest BCUT2D eigenvalue weighted by molar-refractivity contribution is 7.90. The van der Waals surface area contributed by atoms with Crippen LogP contribution in [0.25, 0.3) is 0 Å². The van der Waals surface area contributed by atoms with Crippen LogP contribution in [-0.2, 0) is 24.3 Å². The van der Waals surface area contributed by atoms with Crippen molar-refractivity contribution >= 4 is 21.9 Å². The average molecular weight is 268 g/mol. The van der Waals surface area contributed by atoms with Crippen LogP contribution < -0.4 is 10.0 Å². The minimum Gasteiger partial charge on any atom is -0.480 e. The molecule has 0 rings (SSSR count). The number of ether oxygens (including phenoxy) is 1. The lowest BCUT2D eigenvalue weighted by Crippen LogP contribution is -2.43. The summed E-state index contributed by atoms with van der Waals surface area (Å²) in [6, 6.07) is 0. The summed E-state index contributed by atoms with van der Waals surface area (Å²) in [6.45, 7) is 1.09. The van der Waals surface area contributed by atoms with E-state index in [9.17, 15) is 18.0 Å². The Hall–Kier alpha value is -1.19. The van der Waals surface area contributed by atoms with Gasteiger partial charge in [-0.15, -0.1) is 0 Å². The maximum atomic E-state index is 11.3. The topological polar surface area (TPSA) is 122 Å². The lowest BCUT2D eigenvalue weighted by Gasteiger charge is -2.10. The fourth-order valence-corrected chi connectivity index (χ4v) is 1.63. The summed E-state index contributed by atoms with van der Waals surface area (Å²) in [7, 11) is -2.57. The lowest BCUT2D eigenvalue weighted by molar-refractivity contribution is -0.136. The highest BCUT2D eigenvalue weighted by Crippen LogP contribution is 1.97. The third-order valence-corrected chi connectivity index (χ3v) is 3.55. The molecule has 1 atom stereocenters. The Morgan fingerprint density at radius 2 is 2.00 bits per heavy atom. The summed E-state index contributed by atoms with van der Waals surface area (Å²) < 4.78 is 29.2. The van der Waals surface area contributed by atoms with Crippen molar-refractivity contribution in [2.75, 3.05) is 26.8 Å². The molecule has 0 aliphatic rings. The monoisotopic (exact) mass is 268 g/mol. The van der Waals surface area contributed by atoms with Gasteiger partial charge in [0.05, 0.1) is 13.2 Å². The lowest BCUT2D eigenvalue weighted by atomic mass is 10.5. The molecule has 0 aromatic heterocycles. The summed E-state index contributed by atoms with van der Waals surface area (Å²) in [4.78, 5) is 21.6. The summed E-state index contributed by atoms with van der Waals surface area (Å²) in [6.07, 6.45) is 0. The molecule has 0 radical (unpaired) electrons. The van der Waals surface area contributed by atoms with Crippen LogP contribution in [0.3, 0.4) is 0 Å². The maximum absolute atomic E-state index is 11.3. The van der Waals surface area contributed by atoms with E-state index in [2.05, 4.69) is 10.1 Å². The van der Waals surface area contributed by atoms with Gasteiger partial charge in [-0.05, 0) is 6.92 Å². The summed E-state index contributed by atoms with van der Waals surface area (Å²) >= 11 is 0. The van der Waals surface area contributed by atoms with E-state index < -0.39 is 33.7 Å². The van der Waals surface area contributed by atoms with Gasteiger partial charge in [0, 0.05) is 13.7 Å². The van der Waals surface area contributed by atoms with Crippen molar-refractivity contribution in [3.05, 3.63) is 0 Å². The van der Waals surface area contributed by atoms with Crippen LogP contribution in [0.1, 0.15) is 6.92 Å². The second kappa shape index (κ2) is 7.20. The molecule has 0 saturated heterocycles. The SMILES string of the molecule is COCCNC(=O)CNS(=O)(=O)C(C)C(=O)O. The Morgan fingerprint density at radius 3 is 2.47 bits per heavy atom. The first-order valence-electron chi connectivity index (χ1n) is 4.78. The number of sulfonamides is 1. The largest absolute Gasteiger partial charge is 0.480 e. The summed E-state index contributed by atoms with van der Waals surface area (Å²) in [5.41, 5.74) is 0. The van der Waals surface area contributed by atoms with Gasteiger partial charge in [0.1, 0.15) is 0 Å². The summed E-state index contributed by atoms with van der Waals surface area (Å²) in [5, 5.41) is 9.30. The van der Waals surface area contributed by atoms with E-state index in [4.69, 9.17) is 5.11 Å². The number of carboxylic acids is 1. The second-order valence-corrected chi connectivity index (χ2v) is 5.28. The molecule has 1 unspecified atom stereocenters. The quantitative estimate of drug-likeness (QED) is 0.444. The van der Waals surface area contributed by atoms with Crippen molar-refractivity contribution in [2.45, 2.75) is 12.2 Å². The number of hydrogen-bond acceptors (Lipinski definition) is 5. The number of methoxy groups -OCH3 is 1. The third-order valence-electron chi connectivity index (χ3n) is 1.88. The van der Waals surface area contributed by atoms with Gasteiger partial charge in [-0.25, -0.2) is 13.1 Å². The number of hydrogen-bond donors (Lipinski definition) is 3. The molecule has 0 aromatic rings. The number of carboxylic acid groups (broad SMARTS) is 1. The van der Waals surface area contributed by atoms with Crippen LogP contribution in [0.2, 0.25) is 0 Å². The van der Waals surface area contributed by atoms with E-state index in [0.717, 1.165) is 6.92 Å². The molecular formula is C8H16N2O6S. The molecule has 3 N–H and O–H groups in total. The normalized spacial score (nSPS) is 13.1. The van der Waals surface area contributed by atoms with Gasteiger partial charge < -0.3 is 15.2 Å². The third kappa shape index (κ3) is 6.19. The second-order valence-electron chi connectivity index (χ2n) is 3.19. The van der Waals surface area contributed by atoms with Gasteiger partial charge >= 0.3 is 5.97 Å². The Morgan fingerprint density at radius 1 is 1.41 bits per heavy atom. The molecule has 0 aliphatic carbocycles. The highest BCUT2D eigenvalue weighted by Gasteiger charge is 2.27. The number of rotatable bonds is 8. The molecule has 100 valence electrons. The average Bonchev–Trinajstić information content (AvgIpc) is 2.25. The minimum atomic E-state index is -4.03. The first kappa shape index (κ1) is 15.8. The molecular weight excluding hydrogens is 252 g/mol. The molecule has 0 aromatic carbocycles. The van der Waals surface area contributed by atoms with Gasteiger partial charge in [-0.2, -0.15) is 0 Å². The van der Waals surface area contributed by atoms with Gasteiger partial charge in [-0.1, -0.05) is 0 Å². The van der Waals surface area contributed by atoms with Crippen LogP contribution in [-0.4, -0.2) is 57.5 Å². The number of nitrogens with one attached hydrogen (secondary N) is 2. The van der Waals surface area contributed by atoms with Gasteiger partial charge in [-0.3, -0.25) is 9.59 Å². The highest BCUT2D eigenvalue weighted by atomic mass is 32.2. The zero-order valence-corrected chi connectivity index (χ0v) is 10.4. The Kier molecular flexibility index (Phi) is 6.69. The van der Waals surface area contributed by atoms with Crippen LogP contribution >= 0.6 is 0 Å².